The van der Waals surface area contributed by atoms with Gasteiger partial charge < -0.3 is 9.64 Å². The maximum Gasteiger partial charge on any atom is 0.338 e. The second-order valence-electron chi connectivity index (χ2n) is 5.41. The second kappa shape index (κ2) is 7.88. The molecule has 1 heterocycles. The quantitative estimate of drug-likeness (QED) is 0.716. The lowest BCUT2D eigenvalue weighted by Gasteiger charge is -2.33. The molecule has 0 aliphatic rings. The van der Waals surface area contributed by atoms with Gasteiger partial charge in [-0.05, 0) is 30.9 Å². The third-order valence-electron chi connectivity index (χ3n) is 3.41. The molecule has 1 rings (SSSR count). The number of rotatable bonds is 7. The van der Waals surface area contributed by atoms with Crippen molar-refractivity contribution in [3.05, 3.63) is 23.9 Å². The molecule has 0 aliphatic carbocycles. The zero-order chi connectivity index (χ0) is 15.1. The molecule has 0 saturated heterocycles. The highest BCUT2D eigenvalue weighted by Gasteiger charge is 2.19. The number of hydrogen-bond donors (Lipinski definition) is 0. The average molecular weight is 278 g/mol. The van der Waals surface area contributed by atoms with E-state index in [0.29, 0.717) is 17.5 Å². The van der Waals surface area contributed by atoms with Crippen molar-refractivity contribution in [1.29, 1.82) is 0 Å². The minimum atomic E-state index is -0.317. The van der Waals surface area contributed by atoms with E-state index in [2.05, 4.69) is 37.6 Å². The van der Waals surface area contributed by atoms with Crippen molar-refractivity contribution in [2.24, 2.45) is 5.92 Å². The van der Waals surface area contributed by atoms with Crippen LogP contribution in [0.1, 0.15) is 50.9 Å². The van der Waals surface area contributed by atoms with Crippen LogP contribution in [0.2, 0.25) is 0 Å². The van der Waals surface area contributed by atoms with Gasteiger partial charge in [-0.3, -0.25) is 0 Å². The summed E-state index contributed by atoms with van der Waals surface area (Å²) in [5.74, 6) is 1.08. The Morgan fingerprint density at radius 1 is 1.35 bits per heavy atom. The van der Waals surface area contributed by atoms with Crippen molar-refractivity contribution in [1.82, 2.24) is 4.98 Å². The Labute approximate surface area is 122 Å². The Balaban J connectivity index is 3.09. The van der Waals surface area contributed by atoms with Gasteiger partial charge in [-0.2, -0.15) is 0 Å². The summed E-state index contributed by atoms with van der Waals surface area (Å²) in [6, 6.07) is 3.96. The number of aromatic nitrogens is 1. The Bertz CT molecular complexity index is 428. The summed E-state index contributed by atoms with van der Waals surface area (Å²) < 4.78 is 4.78. The van der Waals surface area contributed by atoms with Gasteiger partial charge in [-0.15, -0.1) is 0 Å². The second-order valence-corrected chi connectivity index (χ2v) is 5.41. The van der Waals surface area contributed by atoms with E-state index in [1.54, 1.807) is 12.3 Å². The van der Waals surface area contributed by atoms with Gasteiger partial charge >= 0.3 is 5.97 Å². The first kappa shape index (κ1) is 16.5. The molecular weight excluding hydrogens is 252 g/mol. The van der Waals surface area contributed by atoms with Crippen LogP contribution in [0.5, 0.6) is 0 Å². The molecule has 0 bridgehead atoms. The molecule has 0 radical (unpaired) electrons. The van der Waals surface area contributed by atoms with Gasteiger partial charge in [0.25, 0.3) is 0 Å². The van der Waals surface area contributed by atoms with Gasteiger partial charge in [0.2, 0.25) is 0 Å². The van der Waals surface area contributed by atoms with Gasteiger partial charge in [-0.25, -0.2) is 9.78 Å². The number of nitrogens with zero attached hydrogens (tertiary/aromatic N) is 2. The van der Waals surface area contributed by atoms with Gasteiger partial charge in [0.1, 0.15) is 5.82 Å². The van der Waals surface area contributed by atoms with E-state index >= 15 is 0 Å². The maximum atomic E-state index is 11.7. The molecule has 1 aromatic rings. The van der Waals surface area contributed by atoms with Crippen LogP contribution < -0.4 is 4.90 Å². The van der Waals surface area contributed by atoms with Crippen molar-refractivity contribution in [3.8, 4) is 0 Å². The van der Waals surface area contributed by atoms with E-state index in [9.17, 15) is 4.79 Å². The molecular formula is C16H26N2O2. The fourth-order valence-corrected chi connectivity index (χ4v) is 2.37. The van der Waals surface area contributed by atoms with Crippen molar-refractivity contribution in [2.45, 2.75) is 46.6 Å². The average Bonchev–Trinajstić information content (AvgIpc) is 2.46. The van der Waals surface area contributed by atoms with Crippen molar-refractivity contribution in [3.63, 3.8) is 0 Å². The van der Waals surface area contributed by atoms with Gasteiger partial charge in [0.15, 0.2) is 0 Å². The highest BCUT2D eigenvalue weighted by molar-refractivity contribution is 5.90. The Hall–Kier alpha value is -1.58. The molecule has 0 fully saturated rings. The largest absolute Gasteiger partial charge is 0.465 e. The number of anilines is 1. The molecule has 0 amide bonds. The van der Waals surface area contributed by atoms with E-state index < -0.39 is 0 Å². The van der Waals surface area contributed by atoms with Crippen LogP contribution in [0.25, 0.3) is 0 Å². The zero-order valence-corrected chi connectivity index (χ0v) is 13.2. The van der Waals surface area contributed by atoms with E-state index in [0.717, 1.165) is 25.2 Å². The van der Waals surface area contributed by atoms with E-state index in [4.69, 9.17) is 4.74 Å². The lowest BCUT2D eigenvalue weighted by Crippen LogP contribution is -2.38. The van der Waals surface area contributed by atoms with Crippen molar-refractivity contribution >= 4 is 11.8 Å². The molecule has 0 atom stereocenters. The minimum absolute atomic E-state index is 0.317. The smallest absolute Gasteiger partial charge is 0.338 e. The molecule has 20 heavy (non-hydrogen) atoms. The minimum Gasteiger partial charge on any atom is -0.465 e. The molecule has 0 saturated carbocycles. The van der Waals surface area contributed by atoms with Crippen molar-refractivity contribution < 1.29 is 9.53 Å². The molecule has 0 spiro atoms. The zero-order valence-electron chi connectivity index (χ0n) is 13.2. The molecule has 0 N–H and O–H groups in total. The topological polar surface area (TPSA) is 42.4 Å². The van der Waals surface area contributed by atoms with Crippen LogP contribution in [-0.4, -0.2) is 30.6 Å². The molecule has 0 aliphatic heterocycles. The van der Waals surface area contributed by atoms with Gasteiger partial charge in [0.05, 0.1) is 12.7 Å². The molecule has 112 valence electrons. The molecule has 1 aromatic heterocycles. The van der Waals surface area contributed by atoms with Crippen LogP contribution in [0.15, 0.2) is 18.3 Å². The SMILES string of the molecule is CCC(CC)N(CC(C)C)c1cc(C(=O)OC)ccn1. The van der Waals surface area contributed by atoms with E-state index in [1.165, 1.54) is 7.11 Å². The normalized spacial score (nSPS) is 10.9. The number of esters is 1. The Morgan fingerprint density at radius 2 is 2.00 bits per heavy atom. The van der Waals surface area contributed by atoms with Crippen LogP contribution in [0.4, 0.5) is 5.82 Å². The molecule has 0 aromatic carbocycles. The molecule has 0 unspecified atom stereocenters. The summed E-state index contributed by atoms with van der Waals surface area (Å²) in [4.78, 5) is 18.4. The summed E-state index contributed by atoms with van der Waals surface area (Å²) >= 11 is 0. The standard InChI is InChI=1S/C16H26N2O2/c1-6-14(7-2)18(11-12(3)4)15-10-13(8-9-17-15)16(19)20-5/h8-10,12,14H,6-7,11H2,1-5H3. The first-order valence-electron chi connectivity index (χ1n) is 7.34. The predicted molar refractivity (Wildman–Crippen MR) is 82.1 cm³/mol. The number of pyridine rings is 1. The summed E-state index contributed by atoms with van der Waals surface area (Å²) in [5.41, 5.74) is 0.553. The Morgan fingerprint density at radius 3 is 2.50 bits per heavy atom. The third-order valence-corrected chi connectivity index (χ3v) is 3.41. The lowest BCUT2D eigenvalue weighted by atomic mass is 10.1. The fraction of sp³-hybridized carbons (Fsp3) is 0.625. The highest BCUT2D eigenvalue weighted by Crippen LogP contribution is 2.21. The van der Waals surface area contributed by atoms with E-state index in [-0.39, 0.29) is 5.97 Å². The first-order chi connectivity index (χ1) is 9.53. The van der Waals surface area contributed by atoms with Crippen molar-refractivity contribution in [2.75, 3.05) is 18.6 Å². The molecule has 4 nitrogen and oxygen atoms in total. The van der Waals surface area contributed by atoms with Gasteiger partial charge in [0, 0.05) is 18.8 Å². The van der Waals surface area contributed by atoms with Crippen LogP contribution in [-0.2, 0) is 4.74 Å². The Kier molecular flexibility index (Phi) is 6.49. The summed E-state index contributed by atoms with van der Waals surface area (Å²) in [6.07, 6.45) is 3.80. The number of ether oxygens (including phenoxy) is 1. The summed E-state index contributed by atoms with van der Waals surface area (Å²) in [5, 5.41) is 0. The lowest BCUT2D eigenvalue weighted by molar-refractivity contribution is 0.0600. The van der Waals surface area contributed by atoms with Crippen LogP contribution >= 0.6 is 0 Å². The van der Waals surface area contributed by atoms with Crippen LogP contribution in [0, 0.1) is 5.92 Å². The van der Waals surface area contributed by atoms with E-state index in [1.807, 2.05) is 6.07 Å². The number of carbonyl (C=O) groups excluding carboxylic acids is 1. The first-order valence-corrected chi connectivity index (χ1v) is 7.34. The number of carbonyl (C=O) groups is 1. The monoisotopic (exact) mass is 278 g/mol. The summed E-state index contributed by atoms with van der Waals surface area (Å²) in [7, 11) is 1.40. The maximum absolute atomic E-state index is 11.7. The van der Waals surface area contributed by atoms with Crippen LogP contribution in [0.3, 0.4) is 0 Å². The number of hydrogen-bond acceptors (Lipinski definition) is 4. The predicted octanol–water partition coefficient (Wildman–Crippen LogP) is 3.52. The number of methoxy groups -OCH3 is 1. The molecule has 4 heteroatoms. The fourth-order valence-electron chi connectivity index (χ4n) is 2.37. The summed E-state index contributed by atoms with van der Waals surface area (Å²) in [6.45, 7) is 9.69. The third kappa shape index (κ3) is 4.22. The van der Waals surface area contributed by atoms with Gasteiger partial charge in [-0.1, -0.05) is 27.7 Å². The highest BCUT2D eigenvalue weighted by atomic mass is 16.5.